The van der Waals surface area contributed by atoms with Crippen LogP contribution in [0, 0.1) is 6.92 Å². The van der Waals surface area contributed by atoms with Crippen LogP contribution in [0.15, 0.2) is 41.3 Å². The van der Waals surface area contributed by atoms with Crippen molar-refractivity contribution in [3.8, 4) is 11.3 Å². The van der Waals surface area contributed by atoms with Gasteiger partial charge in [-0.1, -0.05) is 56.3 Å². The van der Waals surface area contributed by atoms with E-state index in [0.717, 1.165) is 29.9 Å². The minimum Gasteiger partial charge on any atom is -0.315 e. The Morgan fingerprint density at radius 2 is 1.80 bits per heavy atom. The molecule has 3 rings (SSSR count). The number of imidazole rings is 1. The number of benzene rings is 1. The summed E-state index contributed by atoms with van der Waals surface area (Å²) >= 11 is 5.96. The maximum Gasteiger partial charge on any atom is 0.259 e. The molecule has 3 aromatic rings. The van der Waals surface area contributed by atoms with E-state index in [-0.39, 0.29) is 5.56 Å². The molecule has 0 amide bonds. The minimum absolute atomic E-state index is 0.0394. The number of halogens is 1. The fourth-order valence-electron chi connectivity index (χ4n) is 3.12. The Balaban J connectivity index is 1.94. The Morgan fingerprint density at radius 3 is 2.52 bits per heavy atom. The van der Waals surface area contributed by atoms with E-state index in [1.807, 2.05) is 37.4 Å². The molecule has 2 aromatic heterocycles. The van der Waals surface area contributed by atoms with Gasteiger partial charge in [-0.15, -0.1) is 0 Å². The van der Waals surface area contributed by atoms with Crippen LogP contribution in [0.5, 0.6) is 0 Å². The van der Waals surface area contributed by atoms with Crippen molar-refractivity contribution in [1.82, 2.24) is 14.0 Å². The number of hydrogen-bond donors (Lipinski definition) is 0. The van der Waals surface area contributed by atoms with Crippen molar-refractivity contribution in [2.45, 2.75) is 52.5 Å². The van der Waals surface area contributed by atoms with E-state index in [1.165, 1.54) is 25.7 Å². The minimum atomic E-state index is -0.0394. The molecule has 0 N–H and O–H groups in total. The number of fused-ring (bicyclic) bond motifs is 1. The van der Waals surface area contributed by atoms with Crippen LogP contribution in [0.2, 0.25) is 5.02 Å². The molecule has 0 unspecified atom stereocenters. The standard InChI is InChI=1S/C20H24ClN3O/c1-3-4-5-6-7-12-23-15(2)13-19(25)24-14-18(22-20(23)24)16-8-10-17(21)11-9-16/h8-11,13-14H,3-7,12H2,1-2H3. The Bertz CT molecular complexity index is 909. The molecule has 0 aliphatic heterocycles. The monoisotopic (exact) mass is 357 g/mol. The first-order chi connectivity index (χ1) is 12.1. The Labute approximate surface area is 153 Å². The second-order valence-electron chi connectivity index (χ2n) is 6.49. The summed E-state index contributed by atoms with van der Waals surface area (Å²) in [4.78, 5) is 17.1. The van der Waals surface area contributed by atoms with Gasteiger partial charge in [0, 0.05) is 35.1 Å². The van der Waals surface area contributed by atoms with E-state index in [9.17, 15) is 4.79 Å². The molecule has 0 atom stereocenters. The van der Waals surface area contributed by atoms with Gasteiger partial charge in [0.25, 0.3) is 5.56 Å². The average molecular weight is 358 g/mol. The quantitative estimate of drug-likeness (QED) is 0.552. The van der Waals surface area contributed by atoms with Crippen LogP contribution in [0.3, 0.4) is 0 Å². The lowest BCUT2D eigenvalue weighted by Gasteiger charge is -2.11. The maximum absolute atomic E-state index is 12.4. The van der Waals surface area contributed by atoms with E-state index < -0.39 is 0 Å². The molecule has 0 radical (unpaired) electrons. The lowest BCUT2D eigenvalue weighted by molar-refractivity contribution is 0.561. The molecule has 0 saturated heterocycles. The average Bonchev–Trinajstić information content (AvgIpc) is 3.03. The highest BCUT2D eigenvalue weighted by atomic mass is 35.5. The van der Waals surface area contributed by atoms with Gasteiger partial charge in [-0.3, -0.25) is 9.20 Å². The predicted octanol–water partition coefficient (Wildman–Crippen LogP) is 5.10. The van der Waals surface area contributed by atoms with Gasteiger partial charge in [0.05, 0.1) is 5.69 Å². The van der Waals surface area contributed by atoms with Gasteiger partial charge < -0.3 is 4.57 Å². The third kappa shape index (κ3) is 3.96. The predicted molar refractivity (Wildman–Crippen MR) is 103 cm³/mol. The van der Waals surface area contributed by atoms with Crippen molar-refractivity contribution in [3.05, 3.63) is 57.6 Å². The molecule has 0 bridgehead atoms. The SMILES string of the molecule is CCCCCCCn1c(C)cc(=O)n2cc(-c3ccc(Cl)cc3)nc12. The zero-order chi connectivity index (χ0) is 17.8. The highest BCUT2D eigenvalue weighted by Crippen LogP contribution is 2.21. The highest BCUT2D eigenvalue weighted by molar-refractivity contribution is 6.30. The van der Waals surface area contributed by atoms with Crippen LogP contribution in [0.4, 0.5) is 0 Å². The smallest absolute Gasteiger partial charge is 0.259 e. The van der Waals surface area contributed by atoms with E-state index in [2.05, 4.69) is 11.5 Å². The van der Waals surface area contributed by atoms with Crippen molar-refractivity contribution in [2.24, 2.45) is 0 Å². The zero-order valence-corrected chi connectivity index (χ0v) is 15.6. The Kier molecular flexibility index (Phi) is 5.59. The van der Waals surface area contributed by atoms with Gasteiger partial charge in [0.1, 0.15) is 0 Å². The summed E-state index contributed by atoms with van der Waals surface area (Å²) in [6, 6.07) is 9.22. The molecule has 0 aliphatic carbocycles. The van der Waals surface area contributed by atoms with E-state index >= 15 is 0 Å². The summed E-state index contributed by atoms with van der Waals surface area (Å²) in [7, 11) is 0. The maximum atomic E-state index is 12.4. The highest BCUT2D eigenvalue weighted by Gasteiger charge is 2.11. The van der Waals surface area contributed by atoms with Gasteiger partial charge in [-0.25, -0.2) is 4.98 Å². The molecular weight excluding hydrogens is 334 g/mol. The molecule has 0 fully saturated rings. The largest absolute Gasteiger partial charge is 0.315 e. The molecule has 132 valence electrons. The molecule has 0 saturated carbocycles. The summed E-state index contributed by atoms with van der Waals surface area (Å²) in [6.07, 6.45) is 7.90. The molecule has 0 spiro atoms. The van der Waals surface area contributed by atoms with E-state index in [0.29, 0.717) is 10.8 Å². The van der Waals surface area contributed by atoms with E-state index in [1.54, 1.807) is 10.5 Å². The molecular formula is C20H24ClN3O. The fourth-order valence-corrected chi connectivity index (χ4v) is 3.24. The third-order valence-corrected chi connectivity index (χ3v) is 4.80. The van der Waals surface area contributed by atoms with Crippen molar-refractivity contribution in [3.63, 3.8) is 0 Å². The lowest BCUT2D eigenvalue weighted by atomic mass is 10.1. The summed E-state index contributed by atoms with van der Waals surface area (Å²) < 4.78 is 3.79. The first-order valence-corrected chi connectivity index (χ1v) is 9.33. The first-order valence-electron chi connectivity index (χ1n) is 8.95. The van der Waals surface area contributed by atoms with Gasteiger partial charge >= 0.3 is 0 Å². The van der Waals surface area contributed by atoms with Crippen LogP contribution >= 0.6 is 11.6 Å². The topological polar surface area (TPSA) is 39.3 Å². The molecule has 5 heteroatoms. The van der Waals surface area contributed by atoms with Gasteiger partial charge in [0.15, 0.2) is 0 Å². The van der Waals surface area contributed by atoms with Crippen LogP contribution in [-0.2, 0) is 6.54 Å². The lowest BCUT2D eigenvalue weighted by Crippen LogP contribution is -2.18. The van der Waals surface area contributed by atoms with E-state index in [4.69, 9.17) is 16.6 Å². The van der Waals surface area contributed by atoms with Crippen LogP contribution in [0.25, 0.3) is 17.0 Å². The van der Waals surface area contributed by atoms with Crippen LogP contribution in [-0.4, -0.2) is 14.0 Å². The Hall–Kier alpha value is -2.07. The normalized spacial score (nSPS) is 11.3. The summed E-state index contributed by atoms with van der Waals surface area (Å²) in [5.74, 6) is 0.713. The third-order valence-electron chi connectivity index (χ3n) is 4.55. The number of rotatable bonds is 7. The van der Waals surface area contributed by atoms with Crippen LogP contribution in [0.1, 0.15) is 44.7 Å². The molecule has 2 heterocycles. The molecule has 25 heavy (non-hydrogen) atoms. The fraction of sp³-hybridized carbons (Fsp3) is 0.400. The number of unbranched alkanes of at least 4 members (excludes halogenated alkanes) is 4. The van der Waals surface area contributed by atoms with Gasteiger partial charge in [-0.2, -0.15) is 0 Å². The van der Waals surface area contributed by atoms with Crippen molar-refractivity contribution >= 4 is 17.4 Å². The molecule has 4 nitrogen and oxygen atoms in total. The van der Waals surface area contributed by atoms with Crippen molar-refractivity contribution in [2.75, 3.05) is 0 Å². The van der Waals surface area contributed by atoms with Crippen molar-refractivity contribution < 1.29 is 0 Å². The van der Waals surface area contributed by atoms with Gasteiger partial charge in [0.2, 0.25) is 5.78 Å². The van der Waals surface area contributed by atoms with Gasteiger partial charge in [-0.05, 0) is 25.5 Å². The Morgan fingerprint density at radius 1 is 1.08 bits per heavy atom. The summed E-state index contributed by atoms with van der Waals surface area (Å²) in [5, 5.41) is 0.690. The summed E-state index contributed by atoms with van der Waals surface area (Å²) in [6.45, 7) is 5.08. The second-order valence-corrected chi connectivity index (χ2v) is 6.93. The number of aryl methyl sites for hydroxylation is 2. The molecule has 0 aliphatic rings. The van der Waals surface area contributed by atoms with Crippen molar-refractivity contribution in [1.29, 1.82) is 0 Å². The second kappa shape index (κ2) is 7.87. The zero-order valence-electron chi connectivity index (χ0n) is 14.8. The molecule has 1 aromatic carbocycles. The number of nitrogens with zero attached hydrogens (tertiary/aromatic N) is 3. The summed E-state index contributed by atoms with van der Waals surface area (Å²) in [5.41, 5.74) is 2.67. The number of aromatic nitrogens is 3. The first kappa shape index (κ1) is 17.7. The van der Waals surface area contributed by atoms with Crippen LogP contribution < -0.4 is 5.56 Å². The number of hydrogen-bond acceptors (Lipinski definition) is 2.